The lowest BCUT2D eigenvalue weighted by Crippen LogP contribution is -2.44. The van der Waals surface area contributed by atoms with Crippen LogP contribution in [0.3, 0.4) is 0 Å². The van der Waals surface area contributed by atoms with E-state index in [0.717, 1.165) is 6.42 Å². The molecule has 1 rings (SSSR count). The summed E-state index contributed by atoms with van der Waals surface area (Å²) in [6, 6.07) is 7.12. The van der Waals surface area contributed by atoms with Crippen molar-refractivity contribution in [1.29, 1.82) is 0 Å². The third-order valence-corrected chi connectivity index (χ3v) is 3.34. The Morgan fingerprint density at radius 3 is 2.35 bits per heavy atom. The van der Waals surface area contributed by atoms with Gasteiger partial charge in [-0.2, -0.15) is 0 Å². The first kappa shape index (κ1) is 16.0. The quantitative estimate of drug-likeness (QED) is 0.748. The van der Waals surface area contributed by atoms with E-state index in [1.54, 1.807) is 30.3 Å². The van der Waals surface area contributed by atoms with E-state index < -0.39 is 18.0 Å². The summed E-state index contributed by atoms with van der Waals surface area (Å²) in [6.07, 6.45) is 0.925. The average Bonchev–Trinajstić information content (AvgIpc) is 2.43. The van der Waals surface area contributed by atoms with E-state index in [0.29, 0.717) is 12.1 Å². The summed E-state index contributed by atoms with van der Waals surface area (Å²) in [7, 11) is 0. The van der Waals surface area contributed by atoms with Crippen LogP contribution in [-0.4, -0.2) is 23.7 Å². The predicted molar refractivity (Wildman–Crippen MR) is 77.4 cm³/mol. The number of carboxylic acids is 1. The second-order valence-electron chi connectivity index (χ2n) is 5.53. The number of hydrogen-bond donors (Lipinski definition) is 3. The van der Waals surface area contributed by atoms with Crippen molar-refractivity contribution in [1.82, 2.24) is 10.6 Å². The number of nitrogens with one attached hydrogen (secondary N) is 2. The van der Waals surface area contributed by atoms with E-state index in [1.165, 1.54) is 0 Å². The third-order valence-electron chi connectivity index (χ3n) is 3.34. The van der Waals surface area contributed by atoms with Crippen LogP contribution in [0.4, 0.5) is 4.79 Å². The van der Waals surface area contributed by atoms with Crippen LogP contribution < -0.4 is 10.6 Å². The molecule has 1 atom stereocenters. The minimum atomic E-state index is -1.08. The maximum atomic E-state index is 11.8. The molecule has 0 aliphatic rings. The van der Waals surface area contributed by atoms with Crippen molar-refractivity contribution in [2.45, 2.75) is 33.2 Å². The van der Waals surface area contributed by atoms with Crippen molar-refractivity contribution in [2.24, 2.45) is 5.41 Å². The van der Waals surface area contributed by atoms with E-state index in [9.17, 15) is 14.7 Å². The molecular formula is C15H22N2O3. The molecule has 0 radical (unpaired) electrons. The minimum absolute atomic E-state index is 0.0111. The molecule has 0 spiro atoms. The molecule has 110 valence electrons. The maximum Gasteiger partial charge on any atom is 0.330 e. The Kier molecular flexibility index (Phi) is 5.55. The first-order valence-electron chi connectivity index (χ1n) is 6.68. The summed E-state index contributed by atoms with van der Waals surface area (Å²) in [6.45, 7) is 6.62. The normalized spacial score (nSPS) is 12.6. The number of urea groups is 1. The molecule has 0 saturated carbocycles. The van der Waals surface area contributed by atoms with Gasteiger partial charge in [0.1, 0.15) is 0 Å². The predicted octanol–water partition coefficient (Wildman–Crippen LogP) is 2.55. The molecular weight excluding hydrogens is 256 g/mol. The van der Waals surface area contributed by atoms with E-state index in [2.05, 4.69) is 10.6 Å². The van der Waals surface area contributed by atoms with Crippen LogP contribution in [-0.2, 0) is 4.79 Å². The molecule has 0 fully saturated rings. The number of amides is 2. The number of carbonyl (C=O) groups is 2. The second kappa shape index (κ2) is 6.93. The molecule has 0 saturated heterocycles. The van der Waals surface area contributed by atoms with Gasteiger partial charge in [-0.15, -0.1) is 0 Å². The zero-order valence-electron chi connectivity index (χ0n) is 12.1. The number of rotatable bonds is 6. The monoisotopic (exact) mass is 278 g/mol. The number of hydrogen-bond acceptors (Lipinski definition) is 2. The van der Waals surface area contributed by atoms with Gasteiger partial charge in [-0.25, -0.2) is 9.59 Å². The molecule has 0 aliphatic carbocycles. The highest BCUT2D eigenvalue weighted by Gasteiger charge is 2.23. The largest absolute Gasteiger partial charge is 0.479 e. The van der Waals surface area contributed by atoms with Gasteiger partial charge < -0.3 is 15.7 Å². The smallest absolute Gasteiger partial charge is 0.330 e. The van der Waals surface area contributed by atoms with Crippen LogP contribution >= 0.6 is 0 Å². The first-order chi connectivity index (χ1) is 9.35. The van der Waals surface area contributed by atoms with Crippen LogP contribution in [0.1, 0.15) is 38.8 Å². The summed E-state index contributed by atoms with van der Waals surface area (Å²) >= 11 is 0. The number of benzene rings is 1. The lowest BCUT2D eigenvalue weighted by atomic mass is 9.90. The highest BCUT2D eigenvalue weighted by atomic mass is 16.4. The van der Waals surface area contributed by atoms with Gasteiger partial charge in [0.15, 0.2) is 6.04 Å². The maximum absolute atomic E-state index is 11.8. The summed E-state index contributed by atoms with van der Waals surface area (Å²) in [5.41, 5.74) is 0.535. The van der Waals surface area contributed by atoms with E-state index in [1.807, 2.05) is 20.8 Å². The molecule has 1 aromatic carbocycles. The Morgan fingerprint density at radius 2 is 1.85 bits per heavy atom. The lowest BCUT2D eigenvalue weighted by Gasteiger charge is -2.23. The molecule has 20 heavy (non-hydrogen) atoms. The number of aliphatic carboxylic acids is 1. The van der Waals surface area contributed by atoms with Gasteiger partial charge in [0.25, 0.3) is 0 Å². The zero-order chi connectivity index (χ0) is 15.2. The SMILES string of the molecule is CCC(C)(C)CNC(=O)N[C@H](C(=O)O)c1ccccc1. The summed E-state index contributed by atoms with van der Waals surface area (Å²) in [5.74, 6) is -1.08. The number of carboxylic acid groups (broad SMARTS) is 1. The molecule has 0 bridgehead atoms. The zero-order valence-corrected chi connectivity index (χ0v) is 12.1. The fourth-order valence-corrected chi connectivity index (χ4v) is 1.56. The Balaban J connectivity index is 2.64. The molecule has 0 heterocycles. The van der Waals surface area contributed by atoms with Crippen molar-refractivity contribution >= 4 is 12.0 Å². The Hall–Kier alpha value is -2.04. The van der Waals surface area contributed by atoms with Crippen molar-refractivity contribution in [2.75, 3.05) is 6.54 Å². The minimum Gasteiger partial charge on any atom is -0.479 e. The second-order valence-corrected chi connectivity index (χ2v) is 5.53. The molecule has 0 aromatic heterocycles. The third kappa shape index (κ3) is 4.91. The van der Waals surface area contributed by atoms with Crippen molar-refractivity contribution < 1.29 is 14.7 Å². The van der Waals surface area contributed by atoms with E-state index >= 15 is 0 Å². The van der Waals surface area contributed by atoms with E-state index in [-0.39, 0.29) is 5.41 Å². The standard InChI is InChI=1S/C15H22N2O3/c1-4-15(2,3)10-16-14(20)17-12(13(18)19)11-8-6-5-7-9-11/h5-9,12H,4,10H2,1-3H3,(H,18,19)(H2,16,17,20)/t12-/m0/s1. The Bertz CT molecular complexity index is 457. The van der Waals surface area contributed by atoms with Crippen LogP contribution in [0.5, 0.6) is 0 Å². The molecule has 5 nitrogen and oxygen atoms in total. The van der Waals surface area contributed by atoms with Crippen molar-refractivity contribution in [3.63, 3.8) is 0 Å². The van der Waals surface area contributed by atoms with Gasteiger partial charge in [0.05, 0.1) is 0 Å². The van der Waals surface area contributed by atoms with Gasteiger partial charge in [-0.1, -0.05) is 51.1 Å². The van der Waals surface area contributed by atoms with Gasteiger partial charge in [-0.3, -0.25) is 0 Å². The fourth-order valence-electron chi connectivity index (χ4n) is 1.56. The van der Waals surface area contributed by atoms with E-state index in [4.69, 9.17) is 0 Å². The molecule has 5 heteroatoms. The molecule has 1 aromatic rings. The topological polar surface area (TPSA) is 78.4 Å². The molecule has 0 unspecified atom stereocenters. The highest BCUT2D eigenvalue weighted by Crippen LogP contribution is 2.18. The van der Waals surface area contributed by atoms with Crippen molar-refractivity contribution in [3.05, 3.63) is 35.9 Å². The van der Waals surface area contributed by atoms with Gasteiger partial charge in [-0.05, 0) is 17.4 Å². The van der Waals surface area contributed by atoms with Gasteiger partial charge in [0, 0.05) is 6.54 Å². The molecule has 3 N–H and O–H groups in total. The van der Waals surface area contributed by atoms with Crippen molar-refractivity contribution in [3.8, 4) is 0 Å². The van der Waals surface area contributed by atoms with Crippen LogP contribution in [0.25, 0.3) is 0 Å². The first-order valence-corrected chi connectivity index (χ1v) is 6.68. The fraction of sp³-hybridized carbons (Fsp3) is 0.467. The lowest BCUT2D eigenvalue weighted by molar-refractivity contribution is -0.139. The summed E-state index contributed by atoms with van der Waals surface area (Å²) in [4.78, 5) is 23.1. The summed E-state index contributed by atoms with van der Waals surface area (Å²) in [5, 5.41) is 14.4. The molecule has 0 aliphatic heterocycles. The number of carbonyl (C=O) groups excluding carboxylic acids is 1. The molecule has 2 amide bonds. The van der Waals surface area contributed by atoms with Gasteiger partial charge in [0.2, 0.25) is 0 Å². The Morgan fingerprint density at radius 1 is 1.25 bits per heavy atom. The van der Waals surface area contributed by atoms with Crippen LogP contribution in [0, 0.1) is 5.41 Å². The average molecular weight is 278 g/mol. The highest BCUT2D eigenvalue weighted by molar-refractivity contribution is 5.83. The van der Waals surface area contributed by atoms with Crippen LogP contribution in [0.15, 0.2) is 30.3 Å². The van der Waals surface area contributed by atoms with Gasteiger partial charge >= 0.3 is 12.0 Å². The Labute approximate surface area is 119 Å². The van der Waals surface area contributed by atoms with Crippen LogP contribution in [0.2, 0.25) is 0 Å². The summed E-state index contributed by atoms with van der Waals surface area (Å²) < 4.78 is 0.